The summed E-state index contributed by atoms with van der Waals surface area (Å²) in [5.74, 6) is 0.918. The number of fused-ring (bicyclic) bond motifs is 1. The van der Waals surface area contributed by atoms with Gasteiger partial charge in [-0.25, -0.2) is 0 Å². The van der Waals surface area contributed by atoms with Crippen molar-refractivity contribution in [3.63, 3.8) is 0 Å². The Morgan fingerprint density at radius 1 is 1.35 bits per heavy atom. The number of hydrogen-bond acceptors (Lipinski definition) is 3. The predicted molar refractivity (Wildman–Crippen MR) is 73.3 cm³/mol. The van der Waals surface area contributed by atoms with Crippen LogP contribution in [0.15, 0.2) is 12.7 Å². The van der Waals surface area contributed by atoms with Crippen LogP contribution in [0.25, 0.3) is 0 Å². The van der Waals surface area contributed by atoms with Crippen LogP contribution in [0.3, 0.4) is 0 Å². The van der Waals surface area contributed by atoms with Crippen molar-refractivity contribution in [1.82, 2.24) is 15.1 Å². The lowest BCUT2D eigenvalue weighted by molar-refractivity contribution is 0.0392. The Bertz CT molecular complexity index is 242. The Kier molecular flexibility index (Phi) is 5.01. The van der Waals surface area contributed by atoms with Crippen LogP contribution in [0.4, 0.5) is 0 Å². The van der Waals surface area contributed by atoms with E-state index in [1.165, 1.54) is 45.4 Å². The summed E-state index contributed by atoms with van der Waals surface area (Å²) >= 11 is 0. The number of likely N-dealkylation sites (tertiary alicyclic amines) is 2. The van der Waals surface area contributed by atoms with E-state index in [1.54, 1.807) is 0 Å². The zero-order valence-corrected chi connectivity index (χ0v) is 11.2. The van der Waals surface area contributed by atoms with Crippen LogP contribution < -0.4 is 5.32 Å². The van der Waals surface area contributed by atoms with Crippen molar-refractivity contribution in [2.24, 2.45) is 5.92 Å². The van der Waals surface area contributed by atoms with Crippen molar-refractivity contribution in [3.05, 3.63) is 12.7 Å². The minimum Gasteiger partial charge on any atom is -0.312 e. The minimum absolute atomic E-state index is 0.862. The summed E-state index contributed by atoms with van der Waals surface area (Å²) in [4.78, 5) is 5.22. The van der Waals surface area contributed by atoms with E-state index in [4.69, 9.17) is 0 Å². The largest absolute Gasteiger partial charge is 0.312 e. The topological polar surface area (TPSA) is 18.5 Å². The molecule has 3 heteroatoms. The third kappa shape index (κ3) is 3.54. The van der Waals surface area contributed by atoms with Gasteiger partial charge in [-0.3, -0.25) is 0 Å². The molecule has 0 saturated carbocycles. The van der Waals surface area contributed by atoms with Crippen molar-refractivity contribution >= 4 is 0 Å². The highest BCUT2D eigenvalue weighted by Gasteiger charge is 2.33. The molecule has 2 aliphatic rings. The SMILES string of the molecule is C=CCNCCN1CCC2C(CCCN2C)C1. The second-order valence-electron chi connectivity index (χ2n) is 5.53. The monoisotopic (exact) mass is 237 g/mol. The molecule has 0 aromatic heterocycles. The Balaban J connectivity index is 1.71. The summed E-state index contributed by atoms with van der Waals surface area (Å²) in [6.45, 7) is 10.8. The highest BCUT2D eigenvalue weighted by Crippen LogP contribution is 2.29. The molecule has 0 radical (unpaired) electrons. The Hall–Kier alpha value is -0.380. The molecule has 2 unspecified atom stereocenters. The molecule has 0 aromatic carbocycles. The lowest BCUT2D eigenvalue weighted by Gasteiger charge is -2.46. The quantitative estimate of drug-likeness (QED) is 0.572. The van der Waals surface area contributed by atoms with E-state index >= 15 is 0 Å². The molecular weight excluding hydrogens is 210 g/mol. The van der Waals surface area contributed by atoms with Gasteiger partial charge in [-0.15, -0.1) is 6.58 Å². The van der Waals surface area contributed by atoms with Gasteiger partial charge in [-0.1, -0.05) is 6.08 Å². The third-order valence-corrected chi connectivity index (χ3v) is 4.32. The average molecular weight is 237 g/mol. The average Bonchev–Trinajstić information content (AvgIpc) is 2.35. The van der Waals surface area contributed by atoms with E-state index in [9.17, 15) is 0 Å². The first-order chi connectivity index (χ1) is 8.31. The molecule has 0 bridgehead atoms. The van der Waals surface area contributed by atoms with Crippen molar-refractivity contribution in [3.8, 4) is 0 Å². The van der Waals surface area contributed by atoms with Gasteiger partial charge in [0.2, 0.25) is 0 Å². The number of nitrogens with one attached hydrogen (secondary N) is 1. The summed E-state index contributed by atoms with van der Waals surface area (Å²) in [5, 5.41) is 3.39. The summed E-state index contributed by atoms with van der Waals surface area (Å²) in [6.07, 6.45) is 6.12. The summed E-state index contributed by atoms with van der Waals surface area (Å²) < 4.78 is 0. The number of nitrogens with zero attached hydrogens (tertiary/aromatic N) is 2. The maximum absolute atomic E-state index is 3.73. The van der Waals surface area contributed by atoms with Gasteiger partial charge < -0.3 is 15.1 Å². The van der Waals surface area contributed by atoms with Crippen molar-refractivity contribution in [1.29, 1.82) is 0 Å². The van der Waals surface area contributed by atoms with Crippen LogP contribution in [0.2, 0.25) is 0 Å². The number of hydrogen-bond donors (Lipinski definition) is 1. The predicted octanol–water partition coefficient (Wildman–Crippen LogP) is 1.18. The molecule has 98 valence electrons. The molecule has 0 amide bonds. The van der Waals surface area contributed by atoms with Gasteiger partial charge >= 0.3 is 0 Å². The number of piperidine rings is 2. The first-order valence-corrected chi connectivity index (χ1v) is 7.05. The molecule has 2 aliphatic heterocycles. The Morgan fingerprint density at radius 2 is 2.24 bits per heavy atom. The fourth-order valence-electron chi connectivity index (χ4n) is 3.37. The second kappa shape index (κ2) is 6.53. The van der Waals surface area contributed by atoms with Crippen molar-refractivity contribution < 1.29 is 0 Å². The van der Waals surface area contributed by atoms with E-state index < -0.39 is 0 Å². The van der Waals surface area contributed by atoms with E-state index in [2.05, 4.69) is 28.7 Å². The minimum atomic E-state index is 0.862. The molecule has 1 N–H and O–H groups in total. The molecule has 0 aromatic rings. The standard InChI is InChI=1S/C14H27N3/c1-3-7-15-8-11-17-10-6-14-13(12-17)5-4-9-16(14)2/h3,13-15H,1,4-12H2,2H3. The normalized spacial score (nSPS) is 31.1. The number of rotatable bonds is 5. The zero-order valence-electron chi connectivity index (χ0n) is 11.2. The van der Waals surface area contributed by atoms with Crippen molar-refractivity contribution in [2.45, 2.75) is 25.3 Å². The van der Waals surface area contributed by atoms with E-state index in [0.717, 1.165) is 25.0 Å². The van der Waals surface area contributed by atoms with E-state index in [1.807, 2.05) is 6.08 Å². The molecule has 2 rings (SSSR count). The van der Waals surface area contributed by atoms with E-state index in [0.29, 0.717) is 0 Å². The molecule has 0 aliphatic carbocycles. The van der Waals surface area contributed by atoms with Crippen LogP contribution in [-0.2, 0) is 0 Å². The van der Waals surface area contributed by atoms with Gasteiger partial charge in [0.25, 0.3) is 0 Å². The Morgan fingerprint density at radius 3 is 3.06 bits per heavy atom. The van der Waals surface area contributed by atoms with Crippen molar-refractivity contribution in [2.75, 3.05) is 46.3 Å². The van der Waals surface area contributed by atoms with Crippen LogP contribution in [0, 0.1) is 5.92 Å². The highest BCUT2D eigenvalue weighted by molar-refractivity contribution is 4.89. The molecule has 2 fully saturated rings. The van der Waals surface area contributed by atoms with Gasteiger partial charge in [0.1, 0.15) is 0 Å². The van der Waals surface area contributed by atoms with Crippen LogP contribution in [0.5, 0.6) is 0 Å². The van der Waals surface area contributed by atoms with Gasteiger partial charge in [0.05, 0.1) is 0 Å². The summed E-state index contributed by atoms with van der Waals surface area (Å²) in [6, 6.07) is 0.862. The maximum Gasteiger partial charge on any atom is 0.0145 e. The van der Waals surface area contributed by atoms with Crippen LogP contribution >= 0.6 is 0 Å². The van der Waals surface area contributed by atoms with Crippen LogP contribution in [0.1, 0.15) is 19.3 Å². The fraction of sp³-hybridized carbons (Fsp3) is 0.857. The zero-order chi connectivity index (χ0) is 12.1. The first-order valence-electron chi connectivity index (χ1n) is 7.05. The third-order valence-electron chi connectivity index (χ3n) is 4.32. The molecular formula is C14H27N3. The summed E-state index contributed by atoms with van der Waals surface area (Å²) in [7, 11) is 2.30. The molecule has 3 nitrogen and oxygen atoms in total. The molecule has 17 heavy (non-hydrogen) atoms. The maximum atomic E-state index is 3.73. The van der Waals surface area contributed by atoms with Gasteiger partial charge in [-0.05, 0) is 45.3 Å². The second-order valence-corrected chi connectivity index (χ2v) is 5.53. The smallest absolute Gasteiger partial charge is 0.0145 e. The van der Waals surface area contributed by atoms with Gasteiger partial charge in [0, 0.05) is 32.2 Å². The molecule has 0 spiro atoms. The van der Waals surface area contributed by atoms with E-state index in [-0.39, 0.29) is 0 Å². The van der Waals surface area contributed by atoms with Gasteiger partial charge in [0.15, 0.2) is 0 Å². The lowest BCUT2D eigenvalue weighted by atomic mass is 9.84. The van der Waals surface area contributed by atoms with Crippen LogP contribution in [-0.4, -0.2) is 62.2 Å². The molecule has 2 saturated heterocycles. The fourth-order valence-corrected chi connectivity index (χ4v) is 3.37. The molecule has 2 heterocycles. The molecule has 2 atom stereocenters. The highest BCUT2D eigenvalue weighted by atomic mass is 15.2. The van der Waals surface area contributed by atoms with Gasteiger partial charge in [-0.2, -0.15) is 0 Å². The Labute approximate surface area is 106 Å². The summed E-state index contributed by atoms with van der Waals surface area (Å²) in [5.41, 5.74) is 0. The first kappa shape index (κ1) is 13.1. The lowest BCUT2D eigenvalue weighted by Crippen LogP contribution is -2.53.